The van der Waals surface area contributed by atoms with Gasteiger partial charge in [-0.1, -0.05) is 11.8 Å². The van der Waals surface area contributed by atoms with E-state index < -0.39 is 0 Å². The smallest absolute Gasteiger partial charge is 0.230 e. The molecule has 0 radical (unpaired) electrons. The van der Waals surface area contributed by atoms with Crippen molar-refractivity contribution in [3.05, 3.63) is 17.5 Å². The number of primary amides is 1. The fraction of sp³-hybridized carbons (Fsp3) is 0.444. The number of hydrogen-bond donors (Lipinski definition) is 1. The van der Waals surface area contributed by atoms with Crippen LogP contribution >= 0.6 is 11.8 Å². The van der Waals surface area contributed by atoms with Crippen LogP contribution in [-0.2, 0) is 4.79 Å². The summed E-state index contributed by atoms with van der Waals surface area (Å²) in [5, 5.41) is 0.310. The molecule has 0 aliphatic carbocycles. The number of hydrogen-bond acceptors (Lipinski definition) is 4. The lowest BCUT2D eigenvalue weighted by Crippen LogP contribution is -2.22. The van der Waals surface area contributed by atoms with Crippen LogP contribution in [0.2, 0.25) is 0 Å². The average Bonchev–Trinajstić information content (AvgIpc) is 2.01. The number of aryl methyl sites for hydroxylation is 2. The Labute approximate surface area is 87.3 Å². The van der Waals surface area contributed by atoms with Crippen LogP contribution in [0.3, 0.4) is 0 Å². The van der Waals surface area contributed by atoms with E-state index in [9.17, 15) is 4.79 Å². The van der Waals surface area contributed by atoms with E-state index in [-0.39, 0.29) is 11.2 Å². The van der Waals surface area contributed by atoms with E-state index >= 15 is 0 Å². The highest BCUT2D eigenvalue weighted by molar-refractivity contribution is 8.00. The molecule has 0 fully saturated rings. The Bertz CT molecular complexity index is 334. The Morgan fingerprint density at radius 1 is 1.43 bits per heavy atom. The normalized spacial score (nSPS) is 12.5. The van der Waals surface area contributed by atoms with Crippen molar-refractivity contribution in [2.75, 3.05) is 0 Å². The highest BCUT2D eigenvalue weighted by Gasteiger charge is 2.12. The summed E-state index contributed by atoms with van der Waals surface area (Å²) < 4.78 is 0. The van der Waals surface area contributed by atoms with E-state index in [0.29, 0.717) is 5.16 Å². The van der Waals surface area contributed by atoms with Crippen LogP contribution in [0.25, 0.3) is 0 Å². The molecule has 0 saturated carbocycles. The molecule has 76 valence electrons. The zero-order valence-corrected chi connectivity index (χ0v) is 9.26. The Morgan fingerprint density at radius 3 is 2.36 bits per heavy atom. The van der Waals surface area contributed by atoms with Crippen molar-refractivity contribution in [3.8, 4) is 0 Å². The van der Waals surface area contributed by atoms with Crippen LogP contribution < -0.4 is 5.73 Å². The Balaban J connectivity index is 2.81. The molecule has 0 saturated heterocycles. The van der Waals surface area contributed by atoms with E-state index in [1.54, 1.807) is 6.92 Å². The molecule has 0 aromatic carbocycles. The first-order valence-corrected chi connectivity index (χ1v) is 5.15. The third-order valence-electron chi connectivity index (χ3n) is 1.64. The van der Waals surface area contributed by atoms with Crippen LogP contribution in [0.4, 0.5) is 0 Å². The second kappa shape index (κ2) is 4.41. The summed E-state index contributed by atoms with van der Waals surface area (Å²) in [6.45, 7) is 5.54. The number of carbonyl (C=O) groups is 1. The summed E-state index contributed by atoms with van der Waals surface area (Å²) in [4.78, 5) is 19.2. The highest BCUT2D eigenvalue weighted by Crippen LogP contribution is 2.19. The topological polar surface area (TPSA) is 68.9 Å². The largest absolute Gasteiger partial charge is 0.369 e. The van der Waals surface area contributed by atoms with Crippen LogP contribution in [-0.4, -0.2) is 21.1 Å². The van der Waals surface area contributed by atoms with Gasteiger partial charge < -0.3 is 5.73 Å². The molecule has 0 spiro atoms. The Kier molecular flexibility index (Phi) is 3.46. The molecular formula is C9H13N3OS. The van der Waals surface area contributed by atoms with E-state index in [1.165, 1.54) is 11.8 Å². The third-order valence-corrected chi connectivity index (χ3v) is 2.62. The quantitative estimate of drug-likeness (QED) is 0.599. The van der Waals surface area contributed by atoms with E-state index in [1.807, 2.05) is 19.9 Å². The van der Waals surface area contributed by atoms with Crippen molar-refractivity contribution in [2.24, 2.45) is 5.73 Å². The molecule has 0 aliphatic rings. The Hall–Kier alpha value is -1.10. The third kappa shape index (κ3) is 2.99. The first kappa shape index (κ1) is 11.0. The molecule has 1 atom stereocenters. The summed E-state index contributed by atoms with van der Waals surface area (Å²) in [5.41, 5.74) is 6.94. The molecule has 4 nitrogen and oxygen atoms in total. The fourth-order valence-corrected chi connectivity index (χ4v) is 1.79. The molecule has 1 amide bonds. The minimum Gasteiger partial charge on any atom is -0.369 e. The average molecular weight is 211 g/mol. The van der Waals surface area contributed by atoms with Crippen molar-refractivity contribution < 1.29 is 4.79 Å². The standard InChI is InChI=1S/C9H13N3OS/c1-5-4-6(2)12-9(11-5)14-7(3)8(10)13/h4,7H,1-3H3,(H2,10,13). The van der Waals surface area contributed by atoms with Crippen molar-refractivity contribution in [3.63, 3.8) is 0 Å². The number of nitrogens with two attached hydrogens (primary N) is 1. The second-order valence-electron chi connectivity index (χ2n) is 3.10. The predicted molar refractivity (Wildman–Crippen MR) is 56.0 cm³/mol. The van der Waals surface area contributed by atoms with Crippen molar-refractivity contribution >= 4 is 17.7 Å². The summed E-state index contributed by atoms with van der Waals surface area (Å²) in [5.74, 6) is -0.349. The first-order chi connectivity index (χ1) is 6.49. The van der Waals surface area contributed by atoms with Crippen LogP contribution in [0.15, 0.2) is 11.2 Å². The van der Waals surface area contributed by atoms with E-state index in [2.05, 4.69) is 9.97 Å². The lowest BCUT2D eigenvalue weighted by molar-refractivity contribution is -0.117. The molecule has 2 N–H and O–H groups in total. The molecule has 1 aromatic rings. The van der Waals surface area contributed by atoms with Crippen molar-refractivity contribution in [2.45, 2.75) is 31.2 Å². The van der Waals surface area contributed by atoms with E-state index in [4.69, 9.17) is 5.73 Å². The first-order valence-electron chi connectivity index (χ1n) is 4.27. The maximum Gasteiger partial charge on any atom is 0.230 e. The SMILES string of the molecule is Cc1cc(C)nc(SC(C)C(N)=O)n1. The van der Waals surface area contributed by atoms with Gasteiger partial charge in [0.1, 0.15) is 0 Å². The minimum atomic E-state index is -0.349. The van der Waals surface area contributed by atoms with Gasteiger partial charge in [-0.05, 0) is 26.8 Å². The van der Waals surface area contributed by atoms with Gasteiger partial charge in [0.15, 0.2) is 5.16 Å². The van der Waals surface area contributed by atoms with Gasteiger partial charge in [0, 0.05) is 11.4 Å². The fourth-order valence-electron chi connectivity index (χ4n) is 0.962. The zero-order chi connectivity index (χ0) is 10.7. The van der Waals surface area contributed by atoms with Crippen molar-refractivity contribution in [1.29, 1.82) is 0 Å². The van der Waals surface area contributed by atoms with Gasteiger partial charge in [0.25, 0.3) is 0 Å². The van der Waals surface area contributed by atoms with Gasteiger partial charge in [-0.25, -0.2) is 9.97 Å². The summed E-state index contributed by atoms with van der Waals surface area (Å²) >= 11 is 1.28. The number of rotatable bonds is 3. The van der Waals surface area contributed by atoms with Crippen LogP contribution in [0.1, 0.15) is 18.3 Å². The lowest BCUT2D eigenvalue weighted by atomic mass is 10.4. The molecule has 1 rings (SSSR count). The number of amides is 1. The monoisotopic (exact) mass is 211 g/mol. The maximum absolute atomic E-state index is 10.8. The number of thioether (sulfide) groups is 1. The maximum atomic E-state index is 10.8. The molecule has 0 aliphatic heterocycles. The van der Waals surface area contributed by atoms with Gasteiger partial charge in [-0.3, -0.25) is 4.79 Å². The molecule has 1 aromatic heterocycles. The molecule has 1 heterocycles. The van der Waals surface area contributed by atoms with Gasteiger partial charge >= 0.3 is 0 Å². The van der Waals surface area contributed by atoms with E-state index in [0.717, 1.165) is 11.4 Å². The molecule has 14 heavy (non-hydrogen) atoms. The lowest BCUT2D eigenvalue weighted by Gasteiger charge is -2.06. The molecular weight excluding hydrogens is 198 g/mol. The summed E-state index contributed by atoms with van der Waals surface area (Å²) in [7, 11) is 0. The molecule has 1 unspecified atom stereocenters. The predicted octanol–water partition coefficient (Wildman–Crippen LogP) is 1.06. The van der Waals surface area contributed by atoms with Gasteiger partial charge in [-0.2, -0.15) is 0 Å². The zero-order valence-electron chi connectivity index (χ0n) is 8.44. The Morgan fingerprint density at radius 2 is 1.93 bits per heavy atom. The molecule has 5 heteroatoms. The van der Waals surface area contributed by atoms with Gasteiger partial charge in [0.05, 0.1) is 5.25 Å². The highest BCUT2D eigenvalue weighted by atomic mass is 32.2. The van der Waals surface area contributed by atoms with Crippen molar-refractivity contribution in [1.82, 2.24) is 9.97 Å². The number of carbonyl (C=O) groups excluding carboxylic acids is 1. The minimum absolute atomic E-state index is 0.295. The van der Waals surface area contributed by atoms with Crippen LogP contribution in [0, 0.1) is 13.8 Å². The van der Waals surface area contributed by atoms with Gasteiger partial charge in [0.2, 0.25) is 5.91 Å². The number of nitrogens with zero attached hydrogens (tertiary/aromatic N) is 2. The molecule has 0 bridgehead atoms. The van der Waals surface area contributed by atoms with Gasteiger partial charge in [-0.15, -0.1) is 0 Å². The summed E-state index contributed by atoms with van der Waals surface area (Å²) in [6, 6.07) is 1.89. The summed E-state index contributed by atoms with van der Waals surface area (Å²) in [6.07, 6.45) is 0. The second-order valence-corrected chi connectivity index (χ2v) is 4.40. The number of aromatic nitrogens is 2. The van der Waals surface area contributed by atoms with Crippen LogP contribution in [0.5, 0.6) is 0 Å².